The molecule has 0 aliphatic rings. The molecule has 12 heteroatoms. The maximum Gasteiger partial charge on any atom is 0.215 e. The first kappa shape index (κ1) is 66.8. The van der Waals surface area contributed by atoms with E-state index in [0.29, 0.717) is 72.5 Å². The third-order valence-corrected chi connectivity index (χ3v) is 21.6. The summed E-state index contributed by atoms with van der Waals surface area (Å²) < 4.78 is 17.6. The minimum absolute atomic E-state index is 0. The predicted molar refractivity (Wildman–Crippen MR) is 281 cm³/mol. The summed E-state index contributed by atoms with van der Waals surface area (Å²) in [7, 11) is -1.55. The van der Waals surface area contributed by atoms with Crippen molar-refractivity contribution in [3.63, 3.8) is 0 Å². The first-order valence-electron chi connectivity index (χ1n) is 25.1. The zero-order valence-electron chi connectivity index (χ0n) is 44.8. The minimum Gasteiger partial charge on any atom is -0.373 e. The number of hydrogen-bond donors (Lipinski definition) is 0. The van der Waals surface area contributed by atoms with Gasteiger partial charge in [0.2, 0.25) is 8.37 Å². The molecule has 0 aromatic rings. The Bertz CT molecular complexity index is 780. The summed E-state index contributed by atoms with van der Waals surface area (Å²) in [6.45, 7) is 57.9. The van der Waals surface area contributed by atoms with Crippen LogP contribution in [0.4, 0.5) is 0 Å². The molecule has 0 N–H and O–H groups in total. The van der Waals surface area contributed by atoms with Crippen molar-refractivity contribution in [2.75, 3.05) is 0 Å². The average molecular weight is 911 g/mol. The van der Waals surface area contributed by atoms with Crippen molar-refractivity contribution < 1.29 is 0 Å². The van der Waals surface area contributed by atoms with Crippen LogP contribution in [0.3, 0.4) is 0 Å². The van der Waals surface area contributed by atoms with Gasteiger partial charge >= 0.3 is 0 Å². The summed E-state index contributed by atoms with van der Waals surface area (Å²) in [6.07, 6.45) is 14.6. The first-order valence-corrected chi connectivity index (χ1v) is 27.6. The Morgan fingerprint density at radius 1 is 0.317 bits per heavy atom. The molecular formula is C48H110ClN9P2. The summed E-state index contributed by atoms with van der Waals surface area (Å²) in [5.74, 6) is 0. The molecule has 0 aromatic heterocycles. The maximum atomic E-state index is 6.75. The van der Waals surface area contributed by atoms with E-state index >= 15 is 0 Å². The molecule has 0 aromatic carbocycles. The third kappa shape index (κ3) is 20.6. The maximum absolute atomic E-state index is 6.75. The highest BCUT2D eigenvalue weighted by Gasteiger charge is 2.49. The summed E-state index contributed by atoms with van der Waals surface area (Å²) in [6, 6.07) is 7.35. The fraction of sp³-hybridized carbons (Fsp3) is 1.00. The minimum atomic E-state index is -1.03. The summed E-state index contributed by atoms with van der Waals surface area (Å²) >= 11 is 0. The zero-order valence-corrected chi connectivity index (χ0v) is 47.5. The van der Waals surface area contributed by atoms with Crippen LogP contribution >= 0.6 is 29.2 Å². The molecule has 0 radical (unpaired) electrons. The standard InChI is InChI=1S/2C24H54N3P.ClH.N3/c2*1-13-19(7)25(20(8)14-2)28(26(21(9)15-3)22(10)16-4)27(23(11)17-5)24(12)18-6;;1-3-2/h2*19-24H,13-18H2,1-12H3;1H;/q;;;-1/p+1. The van der Waals surface area contributed by atoms with Crippen molar-refractivity contribution >= 4 is 29.2 Å². The lowest BCUT2D eigenvalue weighted by Gasteiger charge is -2.55. The molecule has 364 valence electrons. The van der Waals surface area contributed by atoms with Crippen molar-refractivity contribution in [1.29, 1.82) is 0 Å². The van der Waals surface area contributed by atoms with Gasteiger partial charge in [-0.2, -0.15) is 0 Å². The second-order valence-electron chi connectivity index (χ2n) is 18.1. The van der Waals surface area contributed by atoms with E-state index < -0.39 is 16.7 Å². The van der Waals surface area contributed by atoms with Crippen LogP contribution in [0.1, 0.15) is 243 Å². The lowest BCUT2D eigenvalue weighted by molar-refractivity contribution is 0.162. The van der Waals surface area contributed by atoms with Gasteiger partial charge < -0.3 is 11.1 Å². The van der Waals surface area contributed by atoms with Crippen molar-refractivity contribution in [3.8, 4) is 0 Å². The van der Waals surface area contributed by atoms with E-state index in [1.54, 1.807) is 0 Å². The second kappa shape index (κ2) is 37.4. The lowest BCUT2D eigenvalue weighted by atomic mass is 10.2. The molecule has 0 saturated heterocycles. The predicted octanol–water partition coefficient (Wildman–Crippen LogP) is 16.8. The van der Waals surface area contributed by atoms with Crippen LogP contribution in [-0.4, -0.2) is 101 Å². The molecule has 0 aliphatic carbocycles. The molecule has 60 heavy (non-hydrogen) atoms. The van der Waals surface area contributed by atoms with E-state index in [4.69, 9.17) is 11.1 Å². The Morgan fingerprint density at radius 3 is 0.533 bits per heavy atom. The molecule has 0 rings (SSSR count). The third-order valence-electron chi connectivity index (χ3n) is 14.0. The zero-order chi connectivity index (χ0) is 46.7. The summed E-state index contributed by atoms with van der Waals surface area (Å²) in [5, 5.41) is 0. The van der Waals surface area contributed by atoms with Gasteiger partial charge in [-0.05, 0) is 160 Å². The van der Waals surface area contributed by atoms with Gasteiger partial charge in [0.25, 0.3) is 0 Å². The Kier molecular flexibility index (Phi) is 41.7. The Hall–Kier alpha value is 0.220. The number of hydrogen-bond acceptors (Lipinski definition) is 6. The van der Waals surface area contributed by atoms with Gasteiger partial charge in [0.05, 0.1) is 0 Å². The van der Waals surface area contributed by atoms with Crippen LogP contribution in [0.15, 0.2) is 0 Å². The molecule has 0 fully saturated rings. The first-order chi connectivity index (χ1) is 27.7. The largest absolute Gasteiger partial charge is 0.373 e. The molecule has 0 saturated carbocycles. The van der Waals surface area contributed by atoms with Crippen molar-refractivity contribution in [2.45, 2.75) is 316 Å². The molecule has 0 spiro atoms. The molecule has 12 unspecified atom stereocenters. The van der Waals surface area contributed by atoms with E-state index in [2.05, 4.69) is 194 Å². The van der Waals surface area contributed by atoms with Gasteiger partial charge in [0, 0.05) is 72.5 Å². The van der Waals surface area contributed by atoms with E-state index in [-0.39, 0.29) is 12.4 Å². The molecule has 12 atom stereocenters. The van der Waals surface area contributed by atoms with Crippen LogP contribution < -0.4 is 0 Å². The normalized spacial score (nSPS) is 19.0. The fourth-order valence-electron chi connectivity index (χ4n) is 7.91. The van der Waals surface area contributed by atoms with Crippen LogP contribution in [-0.2, 0) is 0 Å². The number of nitrogens with zero attached hydrogens (tertiary/aromatic N) is 9. The average Bonchev–Trinajstić information content (AvgIpc) is 3.25. The highest BCUT2D eigenvalue weighted by atomic mass is 35.5. The van der Waals surface area contributed by atoms with E-state index in [9.17, 15) is 0 Å². The molecule has 0 bridgehead atoms. The Morgan fingerprint density at radius 2 is 0.433 bits per heavy atom. The van der Waals surface area contributed by atoms with Gasteiger partial charge in [-0.3, -0.25) is 18.9 Å². The van der Waals surface area contributed by atoms with Crippen LogP contribution in [0.2, 0.25) is 0 Å². The monoisotopic (exact) mass is 910 g/mol. The SMILES string of the molecule is CCC(C)N(C(C)CC)P(N(C(C)CC)C(C)CC)N(C(C)CC)C(C)CC.CCC(C)N(C(C)CC)[PH+](N(C(C)CC)C(C)CC)N(C(C)CC)C(C)CC.Cl.[N-]=[N+]=[N-]. The highest BCUT2D eigenvalue weighted by Crippen LogP contribution is 2.58. The molecule has 0 heterocycles. The van der Waals surface area contributed by atoms with Crippen LogP contribution in [0.25, 0.3) is 16.0 Å². The van der Waals surface area contributed by atoms with Crippen LogP contribution in [0.5, 0.6) is 0 Å². The highest BCUT2D eigenvalue weighted by molar-refractivity contribution is 7.50. The topological polar surface area (TPSA) is 78.1 Å². The number of halogens is 1. The van der Waals surface area contributed by atoms with Gasteiger partial charge in [-0.15, -0.1) is 26.4 Å². The van der Waals surface area contributed by atoms with E-state index in [1.807, 2.05) is 0 Å². The van der Waals surface area contributed by atoms with Crippen molar-refractivity contribution in [1.82, 2.24) is 28.0 Å². The summed E-state index contributed by atoms with van der Waals surface area (Å²) in [5.41, 5.74) is 13.5. The molecule has 9 nitrogen and oxygen atoms in total. The molecule has 0 amide bonds. The van der Waals surface area contributed by atoms with Crippen LogP contribution in [0, 0.1) is 0 Å². The van der Waals surface area contributed by atoms with Crippen molar-refractivity contribution in [2.24, 2.45) is 0 Å². The van der Waals surface area contributed by atoms with Gasteiger partial charge in [0.1, 0.15) is 8.37 Å². The van der Waals surface area contributed by atoms with Gasteiger partial charge in [-0.1, -0.05) is 83.1 Å². The fourth-order valence-corrected chi connectivity index (χ4v) is 16.0. The van der Waals surface area contributed by atoms with E-state index in [1.165, 1.54) is 82.0 Å². The van der Waals surface area contributed by atoms with Crippen molar-refractivity contribution in [3.05, 3.63) is 16.0 Å². The Labute approximate surface area is 387 Å². The smallest absolute Gasteiger partial charge is 0.215 e. The van der Waals surface area contributed by atoms with Gasteiger partial charge in [0.15, 0.2) is 0 Å². The number of rotatable bonds is 30. The summed E-state index contributed by atoms with van der Waals surface area (Å²) in [4.78, 5) is 1.50. The Balaban J connectivity index is -0.000000482. The lowest BCUT2D eigenvalue weighted by Crippen LogP contribution is -2.53. The van der Waals surface area contributed by atoms with E-state index in [0.717, 1.165) is 0 Å². The molecule has 0 aliphatic heterocycles. The molecular weight excluding hydrogens is 800 g/mol. The van der Waals surface area contributed by atoms with Gasteiger partial charge in [-0.25, -0.2) is 0 Å². The second-order valence-corrected chi connectivity index (χ2v) is 22.2. The quantitative estimate of drug-likeness (QED) is 0.0309.